The molecular formula is C56H31N5. The van der Waals surface area contributed by atoms with Gasteiger partial charge in [0.1, 0.15) is 12.1 Å². The van der Waals surface area contributed by atoms with Crippen LogP contribution in [-0.2, 0) is 0 Å². The third-order valence-corrected chi connectivity index (χ3v) is 12.9. The highest BCUT2D eigenvalue weighted by atomic mass is 15.0. The molecular weight excluding hydrogens is 743 g/mol. The van der Waals surface area contributed by atoms with Gasteiger partial charge in [-0.15, -0.1) is 0 Å². The molecule has 5 heteroatoms. The molecule has 0 saturated heterocycles. The molecule has 0 aliphatic heterocycles. The molecule has 10 aromatic carbocycles. The van der Waals surface area contributed by atoms with Crippen LogP contribution in [0, 0.1) is 22.7 Å². The predicted octanol–water partition coefficient (Wildman–Crippen LogP) is 14.2. The Morgan fingerprint density at radius 1 is 0.295 bits per heavy atom. The summed E-state index contributed by atoms with van der Waals surface area (Å²) in [6, 6.07) is 71.1. The Bertz CT molecular complexity index is 4000. The van der Waals surface area contributed by atoms with Crippen LogP contribution in [-0.4, -0.2) is 13.7 Å². The van der Waals surface area contributed by atoms with E-state index in [1.54, 1.807) is 0 Å². The van der Waals surface area contributed by atoms with Gasteiger partial charge in [0.2, 0.25) is 0 Å². The van der Waals surface area contributed by atoms with E-state index in [2.05, 4.69) is 202 Å². The van der Waals surface area contributed by atoms with E-state index in [1.807, 2.05) is 12.1 Å². The SMILES string of the molecule is N#Cc1cc(-n2c3ccc4ccccc4c3c3c4ccccc4ccc32)c(C#N)cc1-n1c2ccc(-n3c4ccccc4c4ccccc43)cc2c2c3ccccc3ccc21. The van der Waals surface area contributed by atoms with E-state index in [-0.39, 0.29) is 0 Å². The molecule has 13 rings (SSSR count). The van der Waals surface area contributed by atoms with Gasteiger partial charge in [-0.05, 0) is 93.0 Å². The summed E-state index contributed by atoms with van der Waals surface area (Å²) < 4.78 is 6.72. The molecule has 0 aliphatic carbocycles. The van der Waals surface area contributed by atoms with E-state index in [9.17, 15) is 10.5 Å². The maximum absolute atomic E-state index is 11.1. The lowest BCUT2D eigenvalue weighted by Gasteiger charge is -2.16. The number of para-hydroxylation sites is 2. The molecule has 0 N–H and O–H groups in total. The molecule has 5 nitrogen and oxygen atoms in total. The number of rotatable bonds is 3. The van der Waals surface area contributed by atoms with E-state index in [0.717, 1.165) is 92.6 Å². The summed E-state index contributed by atoms with van der Waals surface area (Å²) in [5, 5.41) is 36.0. The Kier molecular flexibility index (Phi) is 6.80. The molecule has 0 bridgehead atoms. The van der Waals surface area contributed by atoms with Crippen molar-refractivity contribution in [2.45, 2.75) is 0 Å². The van der Waals surface area contributed by atoms with Gasteiger partial charge in [0.25, 0.3) is 0 Å². The van der Waals surface area contributed by atoms with Gasteiger partial charge in [-0.2, -0.15) is 10.5 Å². The smallest absolute Gasteiger partial charge is 0.101 e. The number of hydrogen-bond donors (Lipinski definition) is 0. The van der Waals surface area contributed by atoms with E-state index in [0.29, 0.717) is 22.5 Å². The highest BCUT2D eigenvalue weighted by Crippen LogP contribution is 2.44. The first kappa shape index (κ1) is 33.3. The number of nitriles is 2. The average Bonchev–Trinajstić information content (AvgIpc) is 3.97. The van der Waals surface area contributed by atoms with Crippen molar-refractivity contribution in [3.05, 3.63) is 199 Å². The van der Waals surface area contributed by atoms with Crippen molar-refractivity contribution >= 4 is 97.7 Å². The lowest BCUT2D eigenvalue weighted by molar-refractivity contribution is 1.12. The van der Waals surface area contributed by atoms with Gasteiger partial charge in [0.05, 0.1) is 55.6 Å². The lowest BCUT2D eigenvalue weighted by Crippen LogP contribution is -2.04. The molecule has 0 aliphatic rings. The Hall–Kier alpha value is -8.64. The van der Waals surface area contributed by atoms with E-state index >= 15 is 0 Å². The zero-order valence-corrected chi connectivity index (χ0v) is 32.6. The van der Waals surface area contributed by atoms with Gasteiger partial charge < -0.3 is 13.7 Å². The number of aromatic nitrogens is 3. The molecule has 0 saturated carbocycles. The van der Waals surface area contributed by atoms with Crippen molar-refractivity contribution in [3.63, 3.8) is 0 Å². The predicted molar refractivity (Wildman–Crippen MR) is 251 cm³/mol. The summed E-state index contributed by atoms with van der Waals surface area (Å²) in [7, 11) is 0. The van der Waals surface area contributed by atoms with Crippen LogP contribution >= 0.6 is 0 Å². The molecule has 0 unspecified atom stereocenters. The minimum atomic E-state index is 0.476. The number of nitrogens with zero attached hydrogens (tertiary/aromatic N) is 5. The summed E-state index contributed by atoms with van der Waals surface area (Å²) in [5.41, 5.74) is 9.53. The van der Waals surface area contributed by atoms with Crippen molar-refractivity contribution in [3.8, 4) is 29.2 Å². The van der Waals surface area contributed by atoms with Crippen molar-refractivity contribution < 1.29 is 0 Å². The van der Waals surface area contributed by atoms with Crippen molar-refractivity contribution in [2.24, 2.45) is 0 Å². The minimum absolute atomic E-state index is 0.476. The zero-order valence-electron chi connectivity index (χ0n) is 32.6. The van der Waals surface area contributed by atoms with Crippen LogP contribution < -0.4 is 0 Å². The number of benzene rings is 10. The van der Waals surface area contributed by atoms with Crippen LogP contribution in [0.4, 0.5) is 0 Å². The maximum atomic E-state index is 11.1. The third kappa shape index (κ3) is 4.52. The molecule has 280 valence electrons. The zero-order chi connectivity index (χ0) is 40.3. The fourth-order valence-corrected chi connectivity index (χ4v) is 10.3. The van der Waals surface area contributed by atoms with Gasteiger partial charge in [-0.1, -0.05) is 127 Å². The molecule has 61 heavy (non-hydrogen) atoms. The van der Waals surface area contributed by atoms with Crippen LogP contribution in [0.2, 0.25) is 0 Å². The number of fused-ring (bicyclic) bond motifs is 15. The van der Waals surface area contributed by atoms with Crippen molar-refractivity contribution in [1.29, 1.82) is 10.5 Å². The summed E-state index contributed by atoms with van der Waals surface area (Å²) in [5.74, 6) is 0. The molecule has 0 atom stereocenters. The molecule has 0 spiro atoms. The van der Waals surface area contributed by atoms with Crippen molar-refractivity contribution in [2.75, 3.05) is 0 Å². The molecule has 3 heterocycles. The van der Waals surface area contributed by atoms with E-state index in [1.165, 1.54) is 10.8 Å². The fourth-order valence-electron chi connectivity index (χ4n) is 10.3. The van der Waals surface area contributed by atoms with Gasteiger partial charge in [-0.25, -0.2) is 0 Å². The van der Waals surface area contributed by atoms with Gasteiger partial charge in [0.15, 0.2) is 0 Å². The second-order valence-electron chi connectivity index (χ2n) is 15.9. The van der Waals surface area contributed by atoms with Gasteiger partial charge in [-0.3, -0.25) is 0 Å². The summed E-state index contributed by atoms with van der Waals surface area (Å²) in [6.45, 7) is 0. The molecule has 0 radical (unpaired) electrons. The van der Waals surface area contributed by atoms with Crippen LogP contribution in [0.25, 0.3) is 115 Å². The Morgan fingerprint density at radius 3 is 1.16 bits per heavy atom. The Morgan fingerprint density at radius 2 is 0.672 bits per heavy atom. The second-order valence-corrected chi connectivity index (χ2v) is 15.9. The first-order chi connectivity index (χ1) is 30.2. The Balaban J connectivity index is 1.11. The minimum Gasteiger partial charge on any atom is -0.309 e. The quantitative estimate of drug-likeness (QED) is 0.179. The van der Waals surface area contributed by atoms with Gasteiger partial charge in [0, 0.05) is 38.0 Å². The summed E-state index contributed by atoms with van der Waals surface area (Å²) in [6.07, 6.45) is 0. The largest absolute Gasteiger partial charge is 0.309 e. The standard InChI is InChI=1S/C56H31N5/c57-32-37-30-53(61-50-26-22-35-12-2-5-15-41(35)55(50)56-42-16-6-3-13-36(42)23-27-51(56)61)38(33-58)29-52(37)60-48-28-24-39(31-45(48)54-40-14-4-1-11-34(40)21-25-49(54)60)59-46-19-9-7-17-43(46)44-18-8-10-20-47(44)59/h1-31H. The van der Waals surface area contributed by atoms with Gasteiger partial charge >= 0.3 is 0 Å². The van der Waals surface area contributed by atoms with E-state index in [4.69, 9.17) is 0 Å². The molecule has 13 aromatic rings. The normalized spacial score (nSPS) is 11.9. The second kappa shape index (κ2) is 12.4. The van der Waals surface area contributed by atoms with Crippen LogP contribution in [0.3, 0.4) is 0 Å². The molecule has 0 fully saturated rings. The van der Waals surface area contributed by atoms with E-state index < -0.39 is 0 Å². The van der Waals surface area contributed by atoms with Crippen LogP contribution in [0.5, 0.6) is 0 Å². The monoisotopic (exact) mass is 773 g/mol. The molecule has 0 amide bonds. The molecule has 3 aromatic heterocycles. The summed E-state index contributed by atoms with van der Waals surface area (Å²) >= 11 is 0. The lowest BCUT2D eigenvalue weighted by atomic mass is 10.00. The maximum Gasteiger partial charge on any atom is 0.101 e. The topological polar surface area (TPSA) is 62.4 Å². The highest BCUT2D eigenvalue weighted by molar-refractivity contribution is 6.29. The van der Waals surface area contributed by atoms with Crippen molar-refractivity contribution in [1.82, 2.24) is 13.7 Å². The highest BCUT2D eigenvalue weighted by Gasteiger charge is 2.24. The fraction of sp³-hybridized carbons (Fsp3) is 0. The number of hydrogen-bond acceptors (Lipinski definition) is 2. The van der Waals surface area contributed by atoms with Crippen LogP contribution in [0.1, 0.15) is 11.1 Å². The first-order valence-corrected chi connectivity index (χ1v) is 20.5. The average molecular weight is 774 g/mol. The first-order valence-electron chi connectivity index (χ1n) is 20.5. The Labute approximate surface area is 349 Å². The summed E-state index contributed by atoms with van der Waals surface area (Å²) in [4.78, 5) is 0. The third-order valence-electron chi connectivity index (χ3n) is 12.9. The van der Waals surface area contributed by atoms with Crippen LogP contribution in [0.15, 0.2) is 188 Å².